The van der Waals surface area contributed by atoms with Crippen molar-refractivity contribution in [2.24, 2.45) is 0 Å². The molecule has 1 aliphatic rings. The van der Waals surface area contributed by atoms with Gasteiger partial charge < -0.3 is 5.11 Å². The highest BCUT2D eigenvalue weighted by Gasteiger charge is 2.29. The first-order chi connectivity index (χ1) is 7.22. The summed E-state index contributed by atoms with van der Waals surface area (Å²) < 4.78 is 0. The highest BCUT2D eigenvalue weighted by molar-refractivity contribution is 7.11. The Balaban J connectivity index is 2.15. The maximum absolute atomic E-state index is 9.03. The van der Waals surface area contributed by atoms with E-state index in [0.29, 0.717) is 12.1 Å². The van der Waals surface area contributed by atoms with Crippen molar-refractivity contribution < 1.29 is 5.11 Å². The zero-order valence-electron chi connectivity index (χ0n) is 9.31. The van der Waals surface area contributed by atoms with Gasteiger partial charge in [0.05, 0.1) is 17.5 Å². The number of aliphatic hydroxyl groups is 1. The van der Waals surface area contributed by atoms with Crippen LogP contribution in [0.1, 0.15) is 42.6 Å². The summed E-state index contributed by atoms with van der Waals surface area (Å²) >= 11 is 1.65. The van der Waals surface area contributed by atoms with Crippen molar-refractivity contribution in [3.63, 3.8) is 0 Å². The number of hydrogen-bond donors (Lipinski definition) is 1. The number of nitrogens with zero attached hydrogens (tertiary/aromatic N) is 2. The summed E-state index contributed by atoms with van der Waals surface area (Å²) in [5, 5.41) is 10.2. The maximum Gasteiger partial charge on any atom is 0.110 e. The highest BCUT2D eigenvalue weighted by Crippen LogP contribution is 2.35. The Labute approximate surface area is 94.8 Å². The lowest BCUT2D eigenvalue weighted by Crippen LogP contribution is -2.30. The molecule has 4 heteroatoms. The van der Waals surface area contributed by atoms with E-state index < -0.39 is 0 Å². The van der Waals surface area contributed by atoms with Crippen molar-refractivity contribution in [2.75, 3.05) is 6.54 Å². The number of hydrogen-bond acceptors (Lipinski definition) is 4. The Kier molecular flexibility index (Phi) is 3.38. The van der Waals surface area contributed by atoms with Crippen LogP contribution in [0.3, 0.4) is 0 Å². The number of rotatable bonds is 3. The lowest BCUT2D eigenvalue weighted by molar-refractivity contribution is 0.205. The highest BCUT2D eigenvalue weighted by atomic mass is 32.1. The maximum atomic E-state index is 9.03. The molecule has 1 aliphatic heterocycles. The van der Waals surface area contributed by atoms with Crippen LogP contribution in [0, 0.1) is 0 Å². The Hall–Kier alpha value is -0.450. The van der Waals surface area contributed by atoms with Gasteiger partial charge in [-0.2, -0.15) is 0 Å². The number of aliphatic hydroxyl groups excluding tert-OH is 1. The number of aromatic nitrogens is 1. The molecule has 1 atom stereocenters. The molecule has 1 fully saturated rings. The zero-order chi connectivity index (χ0) is 10.8. The van der Waals surface area contributed by atoms with E-state index in [1.54, 1.807) is 17.5 Å². The summed E-state index contributed by atoms with van der Waals surface area (Å²) in [6.45, 7) is 5.76. The van der Waals surface area contributed by atoms with Crippen LogP contribution in [0.2, 0.25) is 0 Å². The quantitative estimate of drug-likeness (QED) is 0.858. The van der Waals surface area contributed by atoms with Crippen molar-refractivity contribution in [1.29, 1.82) is 0 Å². The van der Waals surface area contributed by atoms with Gasteiger partial charge >= 0.3 is 0 Å². The van der Waals surface area contributed by atoms with Crippen molar-refractivity contribution in [1.82, 2.24) is 9.88 Å². The predicted octanol–water partition coefficient (Wildman–Crippen LogP) is 2.18. The molecule has 0 amide bonds. The Morgan fingerprint density at radius 3 is 3.07 bits per heavy atom. The Morgan fingerprint density at radius 1 is 1.67 bits per heavy atom. The van der Waals surface area contributed by atoms with Gasteiger partial charge in [-0.1, -0.05) is 0 Å². The summed E-state index contributed by atoms with van der Waals surface area (Å²) in [5.74, 6) is 0. The predicted molar refractivity (Wildman–Crippen MR) is 61.9 cm³/mol. The zero-order valence-corrected chi connectivity index (χ0v) is 10.1. The van der Waals surface area contributed by atoms with Crippen LogP contribution in [0.4, 0.5) is 0 Å². The van der Waals surface area contributed by atoms with E-state index in [2.05, 4.69) is 23.7 Å². The number of likely N-dealkylation sites (tertiary alicyclic amines) is 1. The summed E-state index contributed by atoms with van der Waals surface area (Å²) in [7, 11) is 0. The average molecular weight is 226 g/mol. The fourth-order valence-electron chi connectivity index (χ4n) is 2.22. The third-order valence-electron chi connectivity index (χ3n) is 2.97. The molecule has 2 heterocycles. The van der Waals surface area contributed by atoms with E-state index in [0.717, 1.165) is 4.88 Å². The molecule has 2 rings (SSSR count). The van der Waals surface area contributed by atoms with Gasteiger partial charge in [-0.15, -0.1) is 11.3 Å². The van der Waals surface area contributed by atoms with Crippen LogP contribution >= 0.6 is 11.3 Å². The smallest absolute Gasteiger partial charge is 0.110 e. The third kappa shape index (κ3) is 2.22. The first-order valence-electron chi connectivity index (χ1n) is 5.53. The molecule has 84 valence electrons. The van der Waals surface area contributed by atoms with E-state index in [1.165, 1.54) is 24.4 Å². The molecule has 1 aromatic rings. The fraction of sp³-hybridized carbons (Fsp3) is 0.727. The average Bonchev–Trinajstić information content (AvgIpc) is 2.85. The molecule has 0 radical (unpaired) electrons. The third-order valence-corrected chi connectivity index (χ3v) is 4.05. The van der Waals surface area contributed by atoms with Crippen LogP contribution in [-0.4, -0.2) is 27.6 Å². The summed E-state index contributed by atoms with van der Waals surface area (Å²) in [6.07, 6.45) is 4.27. The van der Waals surface area contributed by atoms with Crippen LogP contribution in [0.15, 0.2) is 6.20 Å². The second-order valence-electron chi connectivity index (χ2n) is 4.31. The molecule has 1 aromatic heterocycles. The summed E-state index contributed by atoms with van der Waals surface area (Å²) in [5.41, 5.74) is 0. The summed E-state index contributed by atoms with van der Waals surface area (Å²) in [4.78, 5) is 7.89. The van der Waals surface area contributed by atoms with E-state index in [-0.39, 0.29) is 6.61 Å². The van der Waals surface area contributed by atoms with Gasteiger partial charge in [0, 0.05) is 12.2 Å². The first kappa shape index (κ1) is 11.0. The van der Waals surface area contributed by atoms with Crippen molar-refractivity contribution in [3.05, 3.63) is 16.1 Å². The number of thiazole rings is 1. The summed E-state index contributed by atoms with van der Waals surface area (Å²) in [6, 6.07) is 1.06. The molecule has 0 aromatic carbocycles. The SMILES string of the molecule is CC(C)N1CCCC1c1ncc(CO)s1. The van der Waals surface area contributed by atoms with Crippen LogP contribution < -0.4 is 0 Å². The van der Waals surface area contributed by atoms with Gasteiger partial charge in [0.2, 0.25) is 0 Å². The molecular weight excluding hydrogens is 208 g/mol. The minimum atomic E-state index is 0.117. The van der Waals surface area contributed by atoms with Crippen LogP contribution in [-0.2, 0) is 6.61 Å². The molecule has 1 unspecified atom stereocenters. The lowest BCUT2D eigenvalue weighted by atomic mass is 10.2. The van der Waals surface area contributed by atoms with Gasteiger partial charge in [-0.3, -0.25) is 4.90 Å². The molecule has 0 saturated carbocycles. The van der Waals surface area contributed by atoms with Crippen molar-refractivity contribution >= 4 is 11.3 Å². The van der Waals surface area contributed by atoms with Gasteiger partial charge in [0.25, 0.3) is 0 Å². The molecule has 0 aliphatic carbocycles. The van der Waals surface area contributed by atoms with Crippen molar-refractivity contribution in [3.8, 4) is 0 Å². The Morgan fingerprint density at radius 2 is 2.47 bits per heavy atom. The second kappa shape index (κ2) is 4.60. The van der Waals surface area contributed by atoms with E-state index in [4.69, 9.17) is 5.11 Å². The minimum Gasteiger partial charge on any atom is -0.391 e. The molecule has 1 saturated heterocycles. The second-order valence-corrected chi connectivity index (χ2v) is 5.46. The molecule has 0 bridgehead atoms. The Bertz CT molecular complexity index is 324. The van der Waals surface area contributed by atoms with Crippen LogP contribution in [0.25, 0.3) is 0 Å². The fourth-order valence-corrected chi connectivity index (χ4v) is 3.16. The van der Waals surface area contributed by atoms with Gasteiger partial charge in [-0.05, 0) is 33.2 Å². The molecule has 0 spiro atoms. The van der Waals surface area contributed by atoms with E-state index in [1.807, 2.05) is 0 Å². The van der Waals surface area contributed by atoms with E-state index in [9.17, 15) is 0 Å². The largest absolute Gasteiger partial charge is 0.391 e. The molecule has 1 N–H and O–H groups in total. The minimum absolute atomic E-state index is 0.117. The van der Waals surface area contributed by atoms with Gasteiger partial charge in [0.1, 0.15) is 5.01 Å². The molecule has 3 nitrogen and oxygen atoms in total. The normalized spacial score (nSPS) is 22.8. The monoisotopic (exact) mass is 226 g/mol. The van der Waals surface area contributed by atoms with Crippen LogP contribution in [0.5, 0.6) is 0 Å². The lowest BCUT2D eigenvalue weighted by Gasteiger charge is -2.26. The molecule has 15 heavy (non-hydrogen) atoms. The first-order valence-corrected chi connectivity index (χ1v) is 6.35. The topological polar surface area (TPSA) is 36.4 Å². The van der Waals surface area contributed by atoms with Gasteiger partial charge in [0.15, 0.2) is 0 Å². The standard InChI is InChI=1S/C11H18N2OS/c1-8(2)13-5-3-4-10(13)11-12-6-9(7-14)15-11/h6,8,10,14H,3-5,7H2,1-2H3. The van der Waals surface area contributed by atoms with E-state index >= 15 is 0 Å². The van der Waals surface area contributed by atoms with Gasteiger partial charge in [-0.25, -0.2) is 4.98 Å². The molecular formula is C11H18N2OS. The van der Waals surface area contributed by atoms with Crippen molar-refractivity contribution in [2.45, 2.75) is 45.4 Å².